The fraction of sp³-hybridized carbons (Fsp3) is 0.875. The van der Waals surface area contributed by atoms with Crippen LogP contribution in [-0.2, 0) is 4.79 Å². The highest BCUT2D eigenvalue weighted by Crippen LogP contribution is 2.22. The lowest BCUT2D eigenvalue weighted by molar-refractivity contribution is -0.146. The topological polar surface area (TPSA) is 40.5 Å². The Labute approximate surface area is 68.0 Å². The van der Waals surface area contributed by atoms with Crippen molar-refractivity contribution in [3.05, 3.63) is 0 Å². The molecule has 0 radical (unpaired) electrons. The van der Waals surface area contributed by atoms with Gasteiger partial charge >= 0.3 is 5.97 Å². The first-order chi connectivity index (χ1) is 4.76. The highest BCUT2D eigenvalue weighted by Gasteiger charge is 2.32. The summed E-state index contributed by atoms with van der Waals surface area (Å²) in [5, 5.41) is 8.84. The smallest absolute Gasteiger partial charge is 0.321 e. The quantitative estimate of drug-likeness (QED) is 0.654. The first kappa shape index (κ1) is 10.4. The molecule has 1 N–H and O–H groups in total. The molecule has 0 spiro atoms. The van der Waals surface area contributed by atoms with Gasteiger partial charge in [-0.1, -0.05) is 20.8 Å². The van der Waals surface area contributed by atoms with Crippen LogP contribution in [0.15, 0.2) is 0 Å². The SMILES string of the molecule is CN(C)C(C(=O)O)C(C)(C)C. The lowest BCUT2D eigenvalue weighted by atomic mass is 9.86. The summed E-state index contributed by atoms with van der Waals surface area (Å²) in [6.07, 6.45) is 0. The molecule has 1 unspecified atom stereocenters. The first-order valence-electron chi connectivity index (χ1n) is 3.66. The number of carbonyl (C=O) groups is 1. The molecule has 0 fully saturated rings. The zero-order valence-corrected chi connectivity index (χ0v) is 7.88. The number of aliphatic carboxylic acids is 1. The number of nitrogens with zero attached hydrogens (tertiary/aromatic N) is 1. The van der Waals surface area contributed by atoms with Crippen molar-refractivity contribution in [2.75, 3.05) is 14.1 Å². The van der Waals surface area contributed by atoms with Gasteiger partial charge in [0.2, 0.25) is 0 Å². The third-order valence-corrected chi connectivity index (χ3v) is 1.57. The lowest BCUT2D eigenvalue weighted by Gasteiger charge is -2.32. The maximum atomic E-state index is 10.7. The maximum absolute atomic E-state index is 10.7. The van der Waals surface area contributed by atoms with Crippen molar-refractivity contribution in [1.82, 2.24) is 4.90 Å². The van der Waals surface area contributed by atoms with Crippen LogP contribution in [0.25, 0.3) is 0 Å². The second-order valence-electron chi connectivity index (χ2n) is 4.07. The number of hydrogen-bond acceptors (Lipinski definition) is 2. The van der Waals surface area contributed by atoms with Crippen LogP contribution in [0.1, 0.15) is 20.8 Å². The van der Waals surface area contributed by atoms with Gasteiger partial charge in [-0.25, -0.2) is 0 Å². The van der Waals surface area contributed by atoms with Crippen molar-refractivity contribution in [2.45, 2.75) is 26.8 Å². The summed E-state index contributed by atoms with van der Waals surface area (Å²) < 4.78 is 0. The standard InChI is InChI=1S/C8H17NO2/c1-8(2,3)6(7(10)11)9(4)5/h6H,1-5H3,(H,10,11). The molecule has 0 aromatic heterocycles. The minimum atomic E-state index is -0.762. The Balaban J connectivity index is 4.49. The van der Waals surface area contributed by atoms with E-state index in [1.807, 2.05) is 20.8 Å². The fourth-order valence-electron chi connectivity index (χ4n) is 1.37. The molecule has 0 aromatic rings. The normalized spacial score (nSPS) is 15.1. The number of carboxylic acids is 1. The van der Waals surface area contributed by atoms with Gasteiger partial charge < -0.3 is 5.11 Å². The van der Waals surface area contributed by atoms with Gasteiger partial charge in [0.1, 0.15) is 6.04 Å². The van der Waals surface area contributed by atoms with Gasteiger partial charge in [0.15, 0.2) is 0 Å². The van der Waals surface area contributed by atoms with Crippen molar-refractivity contribution in [3.63, 3.8) is 0 Å². The van der Waals surface area contributed by atoms with Crippen LogP contribution in [-0.4, -0.2) is 36.1 Å². The van der Waals surface area contributed by atoms with E-state index in [0.29, 0.717) is 0 Å². The van der Waals surface area contributed by atoms with E-state index in [1.54, 1.807) is 19.0 Å². The van der Waals surface area contributed by atoms with Crippen LogP contribution < -0.4 is 0 Å². The van der Waals surface area contributed by atoms with E-state index >= 15 is 0 Å². The molecule has 3 nitrogen and oxygen atoms in total. The van der Waals surface area contributed by atoms with E-state index in [9.17, 15) is 4.79 Å². The zero-order valence-electron chi connectivity index (χ0n) is 7.88. The lowest BCUT2D eigenvalue weighted by Crippen LogP contribution is -2.45. The number of carboxylic acid groups (broad SMARTS) is 1. The van der Waals surface area contributed by atoms with Crippen molar-refractivity contribution in [1.29, 1.82) is 0 Å². The third-order valence-electron chi connectivity index (χ3n) is 1.57. The average Bonchev–Trinajstić information content (AvgIpc) is 1.54. The Kier molecular flexibility index (Phi) is 3.05. The third kappa shape index (κ3) is 2.89. The van der Waals surface area contributed by atoms with Crippen LogP contribution in [0.4, 0.5) is 0 Å². The Morgan fingerprint density at radius 3 is 1.73 bits per heavy atom. The zero-order chi connectivity index (χ0) is 9.23. The molecule has 0 rings (SSSR count). The maximum Gasteiger partial charge on any atom is 0.321 e. The molecule has 0 bridgehead atoms. The number of likely N-dealkylation sites (N-methyl/N-ethyl adjacent to an activating group) is 1. The molecule has 0 aliphatic carbocycles. The summed E-state index contributed by atoms with van der Waals surface area (Å²) in [6, 6.07) is -0.414. The molecule has 3 heteroatoms. The van der Waals surface area contributed by atoms with E-state index in [0.717, 1.165) is 0 Å². The second kappa shape index (κ2) is 3.22. The van der Waals surface area contributed by atoms with Crippen LogP contribution in [0, 0.1) is 5.41 Å². The Bertz CT molecular complexity index is 147. The van der Waals surface area contributed by atoms with Crippen LogP contribution >= 0.6 is 0 Å². The molecule has 1 atom stereocenters. The van der Waals surface area contributed by atoms with E-state index < -0.39 is 12.0 Å². The van der Waals surface area contributed by atoms with Gasteiger partial charge in [-0.05, 0) is 19.5 Å². The minimum Gasteiger partial charge on any atom is -0.480 e. The molecule has 0 aromatic carbocycles. The number of rotatable bonds is 2. The summed E-state index contributed by atoms with van der Waals surface area (Å²) in [7, 11) is 3.56. The minimum absolute atomic E-state index is 0.213. The van der Waals surface area contributed by atoms with Gasteiger partial charge in [0.25, 0.3) is 0 Å². The summed E-state index contributed by atoms with van der Waals surface area (Å²) in [5.74, 6) is -0.762. The van der Waals surface area contributed by atoms with Gasteiger partial charge in [-0.2, -0.15) is 0 Å². The van der Waals surface area contributed by atoms with Crippen LogP contribution in [0.5, 0.6) is 0 Å². The first-order valence-corrected chi connectivity index (χ1v) is 3.66. The molecule has 11 heavy (non-hydrogen) atoms. The fourth-order valence-corrected chi connectivity index (χ4v) is 1.37. The Hall–Kier alpha value is -0.570. The molecule has 0 saturated carbocycles. The molecule has 0 aliphatic rings. The van der Waals surface area contributed by atoms with Crippen molar-refractivity contribution in [3.8, 4) is 0 Å². The predicted molar refractivity (Wildman–Crippen MR) is 44.6 cm³/mol. The monoisotopic (exact) mass is 159 g/mol. The summed E-state index contributed by atoms with van der Waals surface area (Å²) in [5.41, 5.74) is -0.213. The van der Waals surface area contributed by atoms with E-state index in [4.69, 9.17) is 5.11 Å². The molecule has 0 saturated heterocycles. The van der Waals surface area contributed by atoms with E-state index in [2.05, 4.69) is 0 Å². The molecular formula is C8H17NO2. The summed E-state index contributed by atoms with van der Waals surface area (Å²) in [6.45, 7) is 5.77. The number of hydrogen-bond donors (Lipinski definition) is 1. The largest absolute Gasteiger partial charge is 0.480 e. The van der Waals surface area contributed by atoms with Crippen molar-refractivity contribution in [2.24, 2.45) is 5.41 Å². The van der Waals surface area contributed by atoms with Crippen LogP contribution in [0.3, 0.4) is 0 Å². The molecule has 0 heterocycles. The highest BCUT2D eigenvalue weighted by molar-refractivity contribution is 5.74. The summed E-state index contributed by atoms with van der Waals surface area (Å²) >= 11 is 0. The van der Waals surface area contributed by atoms with Gasteiger partial charge in [0.05, 0.1) is 0 Å². The van der Waals surface area contributed by atoms with Gasteiger partial charge in [-0.15, -0.1) is 0 Å². The summed E-state index contributed by atoms with van der Waals surface area (Å²) in [4.78, 5) is 12.5. The van der Waals surface area contributed by atoms with E-state index in [1.165, 1.54) is 0 Å². The molecular weight excluding hydrogens is 142 g/mol. The molecule has 0 aliphatic heterocycles. The van der Waals surface area contributed by atoms with E-state index in [-0.39, 0.29) is 5.41 Å². The molecule has 66 valence electrons. The average molecular weight is 159 g/mol. The Morgan fingerprint density at radius 2 is 1.73 bits per heavy atom. The van der Waals surface area contributed by atoms with Gasteiger partial charge in [-0.3, -0.25) is 9.69 Å². The highest BCUT2D eigenvalue weighted by atomic mass is 16.4. The van der Waals surface area contributed by atoms with Gasteiger partial charge in [0, 0.05) is 0 Å². The van der Waals surface area contributed by atoms with Crippen molar-refractivity contribution < 1.29 is 9.90 Å². The molecule has 0 amide bonds. The predicted octanol–water partition coefficient (Wildman–Crippen LogP) is 1.05. The Morgan fingerprint density at radius 1 is 1.36 bits per heavy atom. The second-order valence-corrected chi connectivity index (χ2v) is 4.07. The van der Waals surface area contributed by atoms with Crippen LogP contribution in [0.2, 0.25) is 0 Å². The van der Waals surface area contributed by atoms with Crippen molar-refractivity contribution >= 4 is 5.97 Å².